The molecule has 18 heavy (non-hydrogen) atoms. The van der Waals surface area contributed by atoms with Crippen LogP contribution in [0.25, 0.3) is 0 Å². The van der Waals surface area contributed by atoms with Gasteiger partial charge in [0.2, 0.25) is 0 Å². The highest BCUT2D eigenvalue weighted by molar-refractivity contribution is 4.73. The van der Waals surface area contributed by atoms with E-state index in [2.05, 4.69) is 48.5 Å². The molecule has 0 aromatic carbocycles. The Morgan fingerprint density at radius 1 is 0.833 bits per heavy atom. The molecule has 0 radical (unpaired) electrons. The summed E-state index contributed by atoms with van der Waals surface area (Å²) in [5.41, 5.74) is 0.603. The van der Waals surface area contributed by atoms with Crippen LogP contribution in [0.2, 0.25) is 0 Å². The van der Waals surface area contributed by atoms with Gasteiger partial charge in [0.05, 0.1) is 0 Å². The Balaban J connectivity index is 3.85. The van der Waals surface area contributed by atoms with E-state index in [4.69, 9.17) is 0 Å². The normalized spacial score (nSPS) is 17.2. The first-order chi connectivity index (χ1) is 8.30. The molecule has 0 saturated carbocycles. The smallest absolute Gasteiger partial charge is 0.0328 e. The summed E-state index contributed by atoms with van der Waals surface area (Å²) in [7, 11) is 0. The first-order valence-electron chi connectivity index (χ1n) is 8.30. The molecular weight excluding hydrogens is 216 g/mol. The molecule has 2 unspecified atom stereocenters. The minimum atomic E-state index is 0.603. The summed E-state index contributed by atoms with van der Waals surface area (Å²) in [6, 6.07) is 0. The zero-order valence-corrected chi connectivity index (χ0v) is 14.2. The third-order valence-electron chi connectivity index (χ3n) is 5.01. The van der Waals surface area contributed by atoms with Crippen molar-refractivity contribution in [3.05, 3.63) is 0 Å². The van der Waals surface area contributed by atoms with Gasteiger partial charge in [0, 0.05) is 0 Å². The Labute approximate surface area is 117 Å². The Morgan fingerprint density at radius 3 is 1.89 bits per heavy atom. The SMILES string of the molecule is CCC(C)(CCCCC(C)C(C)C)CCC(C)C. The van der Waals surface area contributed by atoms with Crippen LogP contribution < -0.4 is 0 Å². The zero-order chi connectivity index (χ0) is 14.2. The van der Waals surface area contributed by atoms with Gasteiger partial charge in [0.25, 0.3) is 0 Å². The summed E-state index contributed by atoms with van der Waals surface area (Å²) in [5.74, 6) is 2.61. The molecule has 0 spiro atoms. The highest BCUT2D eigenvalue weighted by Crippen LogP contribution is 2.35. The molecule has 0 N–H and O–H groups in total. The molecule has 0 heterocycles. The Kier molecular flexibility index (Phi) is 8.99. The van der Waals surface area contributed by atoms with Crippen LogP contribution in [0.1, 0.15) is 93.4 Å². The van der Waals surface area contributed by atoms with Crippen molar-refractivity contribution in [1.29, 1.82) is 0 Å². The molecule has 0 aromatic rings. The fourth-order valence-corrected chi connectivity index (χ4v) is 2.47. The van der Waals surface area contributed by atoms with Crippen molar-refractivity contribution in [1.82, 2.24) is 0 Å². The molecule has 0 rings (SSSR count). The Hall–Kier alpha value is 0. The fourth-order valence-electron chi connectivity index (χ4n) is 2.47. The van der Waals surface area contributed by atoms with Crippen molar-refractivity contribution in [2.24, 2.45) is 23.2 Å². The average Bonchev–Trinajstić information content (AvgIpc) is 2.31. The lowest BCUT2D eigenvalue weighted by Gasteiger charge is -2.29. The number of hydrogen-bond acceptors (Lipinski definition) is 0. The number of rotatable bonds is 10. The first kappa shape index (κ1) is 18.0. The summed E-state index contributed by atoms with van der Waals surface area (Å²) in [6.45, 7) is 16.7. The van der Waals surface area contributed by atoms with Gasteiger partial charge in [-0.15, -0.1) is 0 Å². The average molecular weight is 255 g/mol. The largest absolute Gasteiger partial charge is 0.0649 e. The van der Waals surface area contributed by atoms with Gasteiger partial charge in [-0.2, -0.15) is 0 Å². The highest BCUT2D eigenvalue weighted by Gasteiger charge is 2.21. The molecule has 0 fully saturated rings. The minimum Gasteiger partial charge on any atom is -0.0649 e. The number of hydrogen-bond donors (Lipinski definition) is 0. The summed E-state index contributed by atoms with van der Waals surface area (Å²) in [4.78, 5) is 0. The maximum Gasteiger partial charge on any atom is -0.0328 e. The molecular formula is C18H38. The maximum absolute atomic E-state index is 2.50. The van der Waals surface area contributed by atoms with Gasteiger partial charge in [-0.3, -0.25) is 0 Å². The molecule has 0 bridgehead atoms. The van der Waals surface area contributed by atoms with E-state index in [1.54, 1.807) is 0 Å². The second-order valence-electron chi connectivity index (χ2n) is 7.56. The van der Waals surface area contributed by atoms with Crippen molar-refractivity contribution < 1.29 is 0 Å². The third kappa shape index (κ3) is 8.16. The summed E-state index contributed by atoms with van der Waals surface area (Å²) in [5, 5.41) is 0. The molecule has 0 amide bonds. The van der Waals surface area contributed by atoms with Gasteiger partial charge in [-0.25, -0.2) is 0 Å². The summed E-state index contributed by atoms with van der Waals surface area (Å²) in [6.07, 6.45) is 9.87. The van der Waals surface area contributed by atoms with Gasteiger partial charge >= 0.3 is 0 Å². The lowest BCUT2D eigenvalue weighted by molar-refractivity contribution is 0.228. The van der Waals surface area contributed by atoms with Crippen molar-refractivity contribution in [2.75, 3.05) is 0 Å². The van der Waals surface area contributed by atoms with E-state index in [0.29, 0.717) is 5.41 Å². The zero-order valence-electron chi connectivity index (χ0n) is 14.2. The topological polar surface area (TPSA) is 0 Å². The van der Waals surface area contributed by atoms with Gasteiger partial charge in [0.15, 0.2) is 0 Å². The van der Waals surface area contributed by atoms with Crippen LogP contribution >= 0.6 is 0 Å². The molecule has 0 aromatic heterocycles. The van der Waals surface area contributed by atoms with Crippen molar-refractivity contribution in [3.63, 3.8) is 0 Å². The van der Waals surface area contributed by atoms with Crippen LogP contribution in [0.5, 0.6) is 0 Å². The summed E-state index contributed by atoms with van der Waals surface area (Å²) >= 11 is 0. The summed E-state index contributed by atoms with van der Waals surface area (Å²) < 4.78 is 0. The van der Waals surface area contributed by atoms with Crippen LogP contribution in [0.3, 0.4) is 0 Å². The van der Waals surface area contributed by atoms with E-state index in [1.165, 1.54) is 44.9 Å². The van der Waals surface area contributed by atoms with E-state index in [-0.39, 0.29) is 0 Å². The third-order valence-corrected chi connectivity index (χ3v) is 5.01. The van der Waals surface area contributed by atoms with E-state index >= 15 is 0 Å². The van der Waals surface area contributed by atoms with E-state index in [9.17, 15) is 0 Å². The van der Waals surface area contributed by atoms with Gasteiger partial charge < -0.3 is 0 Å². The predicted octanol–water partition coefficient (Wildman–Crippen LogP) is 6.69. The lowest BCUT2D eigenvalue weighted by atomic mass is 9.76. The van der Waals surface area contributed by atoms with E-state index in [1.807, 2.05) is 0 Å². The van der Waals surface area contributed by atoms with Gasteiger partial charge in [0.1, 0.15) is 0 Å². The first-order valence-corrected chi connectivity index (χ1v) is 8.30. The van der Waals surface area contributed by atoms with Crippen LogP contribution in [-0.4, -0.2) is 0 Å². The molecule has 0 aliphatic carbocycles. The van der Waals surface area contributed by atoms with Crippen molar-refractivity contribution >= 4 is 0 Å². The van der Waals surface area contributed by atoms with Crippen LogP contribution in [-0.2, 0) is 0 Å². The number of unbranched alkanes of at least 4 members (excludes halogenated alkanes) is 1. The predicted molar refractivity (Wildman–Crippen MR) is 84.9 cm³/mol. The maximum atomic E-state index is 2.50. The highest BCUT2D eigenvalue weighted by atomic mass is 14.3. The molecule has 0 heteroatoms. The lowest BCUT2D eigenvalue weighted by Crippen LogP contribution is -2.16. The van der Waals surface area contributed by atoms with Gasteiger partial charge in [-0.1, -0.05) is 80.6 Å². The molecule has 110 valence electrons. The molecule has 0 nitrogen and oxygen atoms in total. The Bertz CT molecular complexity index is 192. The van der Waals surface area contributed by atoms with Crippen LogP contribution in [0, 0.1) is 23.2 Å². The van der Waals surface area contributed by atoms with E-state index in [0.717, 1.165) is 17.8 Å². The molecule has 0 aliphatic heterocycles. The van der Waals surface area contributed by atoms with Crippen molar-refractivity contribution in [2.45, 2.75) is 93.4 Å². The van der Waals surface area contributed by atoms with E-state index < -0.39 is 0 Å². The minimum absolute atomic E-state index is 0.603. The molecule has 2 atom stereocenters. The van der Waals surface area contributed by atoms with Crippen molar-refractivity contribution in [3.8, 4) is 0 Å². The van der Waals surface area contributed by atoms with Crippen LogP contribution in [0.15, 0.2) is 0 Å². The quantitative estimate of drug-likeness (QED) is 0.381. The van der Waals surface area contributed by atoms with Crippen LogP contribution in [0.4, 0.5) is 0 Å². The monoisotopic (exact) mass is 254 g/mol. The van der Waals surface area contributed by atoms with Gasteiger partial charge in [-0.05, 0) is 36.0 Å². The standard InChI is InChI=1S/C18H38/c1-8-18(7,14-12-15(2)3)13-10-9-11-17(6)16(4)5/h15-17H,8-14H2,1-7H3. The Morgan fingerprint density at radius 2 is 1.44 bits per heavy atom. The molecule has 0 saturated heterocycles. The second kappa shape index (κ2) is 8.99. The molecule has 0 aliphatic rings. The second-order valence-corrected chi connectivity index (χ2v) is 7.56. The fraction of sp³-hybridized carbons (Fsp3) is 1.00.